The number of carbonyl (C=O) groups excluding carboxylic acids is 2. The molecule has 8 heterocycles. The summed E-state index contributed by atoms with van der Waals surface area (Å²) in [6.07, 6.45) is 30.4. The molecule has 17 rings (SSSR count). The summed E-state index contributed by atoms with van der Waals surface area (Å²) < 4.78 is 14.6. The minimum Gasteiger partial charge on any atom is -0.509 e. The van der Waals surface area contributed by atoms with Crippen molar-refractivity contribution in [3.05, 3.63) is 134 Å². The van der Waals surface area contributed by atoms with Crippen LogP contribution in [0.5, 0.6) is 0 Å². The van der Waals surface area contributed by atoms with Crippen LogP contribution < -0.4 is 5.73 Å². The van der Waals surface area contributed by atoms with Gasteiger partial charge in [-0.1, -0.05) is 117 Å². The summed E-state index contributed by atoms with van der Waals surface area (Å²) in [4.78, 5) is 37.7. The summed E-state index contributed by atoms with van der Waals surface area (Å²) in [5, 5.41) is 13.6. The highest BCUT2D eigenvalue weighted by atomic mass is 16.6. The SMILES string of the molecule is CC1CC2=C3C4C5=C6C=C(Cc7cccc8c7C=CC(CC8)CC7C68C(=O)OC(=C(O)CC(CC6CCCCC6)N6CC9CC(C6)C6CC2C=CC9N36)C8(CC5)C72OC(=O)c3c(CCCN)cccc32)C14. The zero-order valence-electron chi connectivity index (χ0n) is 41.7. The largest absolute Gasteiger partial charge is 0.509 e. The molecule has 368 valence electrons. The number of hydrogen-bond donors (Lipinski definition) is 2. The Morgan fingerprint density at radius 2 is 1.76 bits per heavy atom. The van der Waals surface area contributed by atoms with E-state index in [0.717, 1.165) is 74.7 Å². The predicted octanol–water partition coefficient (Wildman–Crippen LogP) is 11.0. The first-order valence-corrected chi connectivity index (χ1v) is 28.6. The van der Waals surface area contributed by atoms with Gasteiger partial charge in [0, 0.05) is 60.6 Å². The van der Waals surface area contributed by atoms with Crippen LogP contribution in [0.4, 0.5) is 0 Å². The molecule has 0 amide bonds. The third-order valence-electron chi connectivity index (χ3n) is 22.8. The van der Waals surface area contributed by atoms with E-state index in [-0.39, 0.29) is 35.6 Å². The molecule has 15 atom stereocenters. The van der Waals surface area contributed by atoms with E-state index in [0.29, 0.717) is 91.1 Å². The summed E-state index contributed by atoms with van der Waals surface area (Å²) in [6.45, 7) is 5.15. The molecule has 2 aromatic rings. The second kappa shape index (κ2) is 15.0. The minimum absolute atomic E-state index is 0.118. The molecule has 3 N–H and O–H groups in total. The van der Waals surface area contributed by atoms with Crippen LogP contribution in [0.3, 0.4) is 0 Å². The van der Waals surface area contributed by atoms with E-state index in [9.17, 15) is 5.11 Å². The highest BCUT2D eigenvalue weighted by Gasteiger charge is 2.93. The Kier molecular flexibility index (Phi) is 9.04. The molecule has 3 saturated heterocycles. The standard InChI is InChI=1S/C63H71N3O5/c1-34-24-47-40-18-20-50-42-28-43-33-65(32-42)44(25-35-8-3-2-4-9-35)31-52(67)58-61-22-21-46-49-29-41(54(34)56(46)57(47)66(50)51(43)30-40)27-39-12-5-10-37-17-15-36(16-19-45(37)39)26-53(62(49,61)60(69)70-58)63(61)48-14-6-11-38(13-7-23-64)55(48)59(68)71-63/h5-6,10-12,14,16,18-20,29,34-36,40,42-44,50-51,53-54,56,67H,2-4,7-9,13,15,17,21-28,30-33,64H2,1H3. The third kappa shape index (κ3) is 5.26. The summed E-state index contributed by atoms with van der Waals surface area (Å²) in [5.74, 6) is 2.85. The fourth-order valence-corrected chi connectivity index (χ4v) is 20.4. The van der Waals surface area contributed by atoms with Crippen LogP contribution in [-0.2, 0) is 39.1 Å². The van der Waals surface area contributed by atoms with Gasteiger partial charge in [-0.2, -0.15) is 0 Å². The summed E-state index contributed by atoms with van der Waals surface area (Å²) >= 11 is 0. The number of nitrogens with zero attached hydrogens (tertiary/aromatic N) is 2. The van der Waals surface area contributed by atoms with E-state index < -0.39 is 22.3 Å². The number of esters is 2. The maximum absolute atomic E-state index is 16.5. The summed E-state index contributed by atoms with van der Waals surface area (Å²) in [5.41, 5.74) is 16.7. The van der Waals surface area contributed by atoms with E-state index in [1.165, 1.54) is 72.8 Å². The number of ether oxygens (including phenoxy) is 2. The highest BCUT2D eigenvalue weighted by Crippen LogP contribution is 2.87. The van der Waals surface area contributed by atoms with Crippen molar-refractivity contribution in [1.82, 2.24) is 9.80 Å². The number of fused-ring (bicyclic) bond motifs is 8. The minimum atomic E-state index is -1.21. The first-order valence-electron chi connectivity index (χ1n) is 28.6. The second-order valence-corrected chi connectivity index (χ2v) is 25.6. The summed E-state index contributed by atoms with van der Waals surface area (Å²) in [7, 11) is 0. The topological polar surface area (TPSA) is 105 Å². The molecule has 14 bridgehead atoms. The van der Waals surface area contributed by atoms with Crippen LogP contribution in [0.2, 0.25) is 0 Å². The first kappa shape index (κ1) is 42.8. The van der Waals surface area contributed by atoms with E-state index in [1.807, 2.05) is 0 Å². The van der Waals surface area contributed by atoms with Gasteiger partial charge in [0.25, 0.3) is 0 Å². The quantitative estimate of drug-likeness (QED) is 0.226. The molecule has 15 aliphatic rings. The monoisotopic (exact) mass is 950 g/mol. The first-order chi connectivity index (χ1) is 34.7. The van der Waals surface area contributed by atoms with Crippen molar-refractivity contribution in [2.24, 2.45) is 69.8 Å². The number of benzene rings is 2. The van der Waals surface area contributed by atoms with Crippen molar-refractivity contribution >= 4 is 18.0 Å². The van der Waals surface area contributed by atoms with Crippen LogP contribution >= 0.6 is 0 Å². The fourth-order valence-electron chi connectivity index (χ4n) is 20.4. The molecule has 8 heteroatoms. The molecule has 0 radical (unpaired) electrons. The van der Waals surface area contributed by atoms with Crippen molar-refractivity contribution in [3.8, 4) is 0 Å². The molecule has 8 nitrogen and oxygen atoms in total. The lowest BCUT2D eigenvalue weighted by Gasteiger charge is -2.71. The summed E-state index contributed by atoms with van der Waals surface area (Å²) in [6, 6.07) is 14.3. The number of aryl methyl sites for hydroxylation is 2. The number of carbonyl (C=O) groups is 2. The third-order valence-corrected chi connectivity index (χ3v) is 22.8. The smallest absolute Gasteiger partial charge is 0.339 e. The van der Waals surface area contributed by atoms with Gasteiger partial charge in [-0.25, -0.2) is 4.79 Å². The lowest BCUT2D eigenvalue weighted by atomic mass is 9.28. The number of rotatable bonds is 5. The van der Waals surface area contributed by atoms with Crippen LogP contribution in [0, 0.1) is 64.1 Å². The van der Waals surface area contributed by atoms with Gasteiger partial charge in [0.2, 0.25) is 0 Å². The Morgan fingerprint density at radius 3 is 2.65 bits per heavy atom. The Bertz CT molecular complexity index is 2930. The zero-order chi connectivity index (χ0) is 47.3. The van der Waals surface area contributed by atoms with Gasteiger partial charge in [-0.05, 0) is 153 Å². The number of aliphatic hydroxyl groups is 1. The molecular weight excluding hydrogens is 879 g/mol. The molecular formula is C63H71N3O5. The van der Waals surface area contributed by atoms with Crippen molar-refractivity contribution in [1.29, 1.82) is 0 Å². The lowest BCUT2D eigenvalue weighted by Crippen LogP contribution is -2.77. The molecule has 2 aromatic carbocycles. The Labute approximate surface area is 419 Å². The number of nitrogens with two attached hydrogens (primary N) is 1. The van der Waals surface area contributed by atoms with Gasteiger partial charge in [0.15, 0.2) is 11.4 Å². The number of hydrogen-bond acceptors (Lipinski definition) is 8. The molecule has 7 aliphatic carbocycles. The van der Waals surface area contributed by atoms with Crippen LogP contribution in [0.15, 0.2) is 100 Å². The van der Waals surface area contributed by atoms with E-state index in [2.05, 4.69) is 83.5 Å². The second-order valence-electron chi connectivity index (χ2n) is 25.6. The van der Waals surface area contributed by atoms with Gasteiger partial charge >= 0.3 is 11.9 Å². The normalized spacial score (nSPS) is 42.6. The average Bonchev–Trinajstić information content (AvgIpc) is 3.65. The number of piperidine rings is 2. The molecule has 0 aromatic heterocycles. The molecule has 3 spiro atoms. The molecule has 8 aliphatic heterocycles. The van der Waals surface area contributed by atoms with Gasteiger partial charge in [-0.15, -0.1) is 0 Å². The van der Waals surface area contributed by atoms with Gasteiger partial charge in [0.05, 0.1) is 17.0 Å². The zero-order valence-corrected chi connectivity index (χ0v) is 41.7. The maximum atomic E-state index is 16.5. The van der Waals surface area contributed by atoms with Gasteiger partial charge in [-0.3, -0.25) is 9.69 Å². The maximum Gasteiger partial charge on any atom is 0.339 e. The number of aliphatic hydroxyl groups excluding tert-OH is 1. The van der Waals surface area contributed by atoms with Crippen molar-refractivity contribution < 1.29 is 24.2 Å². The average molecular weight is 950 g/mol. The van der Waals surface area contributed by atoms with Crippen LogP contribution in [0.25, 0.3) is 6.08 Å². The predicted molar refractivity (Wildman–Crippen MR) is 272 cm³/mol. The van der Waals surface area contributed by atoms with Crippen molar-refractivity contribution in [2.75, 3.05) is 19.6 Å². The Morgan fingerprint density at radius 1 is 0.901 bits per heavy atom. The van der Waals surface area contributed by atoms with Crippen LogP contribution in [-0.4, -0.2) is 64.6 Å². The molecule has 71 heavy (non-hydrogen) atoms. The van der Waals surface area contributed by atoms with Crippen LogP contribution in [0.1, 0.15) is 141 Å². The van der Waals surface area contributed by atoms with Gasteiger partial charge < -0.3 is 25.2 Å². The molecule has 15 unspecified atom stereocenters. The Balaban J connectivity index is 1.01. The van der Waals surface area contributed by atoms with Crippen molar-refractivity contribution in [2.45, 2.75) is 146 Å². The lowest BCUT2D eigenvalue weighted by molar-refractivity contribution is -0.277. The van der Waals surface area contributed by atoms with Gasteiger partial charge in [0.1, 0.15) is 11.2 Å². The molecule has 5 fully saturated rings. The Hall–Kier alpha value is -4.66. The number of allylic oxidation sites excluding steroid dienone is 6. The van der Waals surface area contributed by atoms with Crippen molar-refractivity contribution in [3.63, 3.8) is 0 Å². The van der Waals surface area contributed by atoms with E-state index >= 15 is 9.59 Å². The van der Waals surface area contributed by atoms with E-state index in [1.54, 1.807) is 11.3 Å². The highest BCUT2D eigenvalue weighted by molar-refractivity contribution is 6.00. The fraction of sp³-hybridized carbons (Fsp3) is 0.587. The van der Waals surface area contributed by atoms with E-state index in [4.69, 9.17) is 15.2 Å². The molecule has 2 saturated carbocycles.